The van der Waals surface area contributed by atoms with Crippen molar-refractivity contribution in [2.75, 3.05) is 33.1 Å². The first-order chi connectivity index (χ1) is 33.5. The van der Waals surface area contributed by atoms with Crippen LogP contribution in [0, 0.1) is 35.5 Å². The van der Waals surface area contributed by atoms with Crippen molar-refractivity contribution < 1.29 is 66.7 Å². The van der Waals surface area contributed by atoms with Crippen LogP contribution in [0.1, 0.15) is 138 Å². The summed E-state index contributed by atoms with van der Waals surface area (Å²) in [5.41, 5.74) is 1.08. The van der Waals surface area contributed by atoms with Crippen LogP contribution in [-0.4, -0.2) is 150 Å². The van der Waals surface area contributed by atoms with E-state index in [9.17, 15) is 47.7 Å². The van der Waals surface area contributed by atoms with Crippen LogP contribution in [0.5, 0.6) is 0 Å². The van der Waals surface area contributed by atoms with Gasteiger partial charge in [0.2, 0.25) is 15.8 Å². The zero-order valence-electron chi connectivity index (χ0n) is 43.7. The van der Waals surface area contributed by atoms with Crippen molar-refractivity contribution in [3.8, 4) is 0 Å². The number of piperidine rings is 1. The number of Topliss-reactive ketones (excluding diaryl/α,β-unsaturated/α-hetero) is 3. The predicted molar refractivity (Wildman–Crippen MR) is 268 cm³/mol. The number of ether oxygens (including phenoxy) is 4. The fraction of sp³-hybridized carbons (Fsp3) is 0.759. The Labute approximate surface area is 422 Å². The molecule has 1 saturated carbocycles. The van der Waals surface area contributed by atoms with E-state index in [1.807, 2.05) is 45.1 Å². The molecular formula is C54H84N2O14S. The maximum absolute atomic E-state index is 14.5. The predicted octanol–water partition coefficient (Wildman–Crippen LogP) is 5.96. The molecule has 71 heavy (non-hydrogen) atoms. The monoisotopic (exact) mass is 1020 g/mol. The van der Waals surface area contributed by atoms with Crippen LogP contribution in [-0.2, 0) is 52.9 Å². The fourth-order valence-electron chi connectivity index (χ4n) is 11.4. The third-order valence-corrected chi connectivity index (χ3v) is 17.9. The van der Waals surface area contributed by atoms with Crippen molar-refractivity contribution in [3.63, 3.8) is 0 Å². The molecule has 4 aliphatic heterocycles. The molecule has 5 rings (SSSR count). The molecule has 15 atom stereocenters. The average Bonchev–Trinajstić information content (AvgIpc) is 3.33. The van der Waals surface area contributed by atoms with Gasteiger partial charge in [0.15, 0.2) is 5.78 Å². The van der Waals surface area contributed by atoms with Crippen molar-refractivity contribution >= 4 is 39.2 Å². The second kappa shape index (κ2) is 26.2. The van der Waals surface area contributed by atoms with E-state index < -0.39 is 93.8 Å². The molecule has 4 heterocycles. The van der Waals surface area contributed by atoms with Crippen molar-refractivity contribution in [1.29, 1.82) is 0 Å². The van der Waals surface area contributed by atoms with Crippen molar-refractivity contribution in [2.45, 2.75) is 193 Å². The number of sulfonamides is 1. The highest BCUT2D eigenvalue weighted by atomic mass is 32.2. The van der Waals surface area contributed by atoms with Crippen molar-refractivity contribution in [3.05, 3.63) is 47.6 Å². The second-order valence-corrected chi connectivity index (χ2v) is 23.6. The lowest BCUT2D eigenvalue weighted by atomic mass is 9.78. The molecule has 1 unspecified atom stereocenters. The largest absolute Gasteiger partial charge is 0.460 e. The number of esters is 1. The van der Waals surface area contributed by atoms with Crippen LogP contribution in [0.4, 0.5) is 0 Å². The van der Waals surface area contributed by atoms with E-state index in [0.29, 0.717) is 81.8 Å². The number of methoxy groups -OCH3 is 2. The summed E-state index contributed by atoms with van der Waals surface area (Å²) in [5, 5.41) is 34.2. The highest BCUT2D eigenvalue weighted by Gasteiger charge is 2.53. The maximum atomic E-state index is 14.5. The summed E-state index contributed by atoms with van der Waals surface area (Å²) in [7, 11) is -0.740. The number of carbonyl (C=O) groups is 5. The van der Waals surface area contributed by atoms with E-state index in [-0.39, 0.29) is 73.5 Å². The van der Waals surface area contributed by atoms with Crippen LogP contribution < -0.4 is 0 Å². The van der Waals surface area contributed by atoms with Gasteiger partial charge in [0, 0.05) is 57.5 Å². The number of ketones is 3. The van der Waals surface area contributed by atoms with E-state index >= 15 is 0 Å². The molecule has 17 heteroatoms. The number of allylic oxidation sites excluding steroid dienone is 6. The van der Waals surface area contributed by atoms with Crippen LogP contribution in [0.25, 0.3) is 0 Å². The molecule has 0 aromatic carbocycles. The zero-order chi connectivity index (χ0) is 52.4. The number of hydrogen-bond acceptors (Lipinski definition) is 14. The van der Waals surface area contributed by atoms with E-state index in [1.165, 1.54) is 11.4 Å². The molecule has 3 N–H and O–H groups in total. The summed E-state index contributed by atoms with van der Waals surface area (Å²) in [4.78, 5) is 72.5. The Morgan fingerprint density at radius 1 is 0.831 bits per heavy atom. The molecule has 400 valence electrons. The number of rotatable bonds is 6. The number of aliphatic hydroxyl groups excluding tert-OH is 2. The standard InChI is InChI=1S/C54H84N2O14S/c1-33-17-11-10-12-18-34(2)43(56-25-15-16-26-71(56,65)66)31-41-22-20-39(7)54(64,70-41)51(61)52(62)55-24-14-13-19-42(55)53(63)69-46(36(4)29-40-21-23-44(57)47(30-40)67-8)32-45(58)35(3)28-38(6)49(60)50(68-9)48(59)37(5)27-33/h10-12,17-18,28,33,35-37,39-44,46-47,49-50,57,60,64H,13-16,19-27,29-32H2,1-9H3/b12-10+,17-11+,34-18+,38-28+/t33-,35-,36-,37-,39-,40+,41+,42+,43?,44-,46+,47-,49-,50+,54-/m1/s1. The molecule has 0 aromatic heterocycles. The minimum absolute atomic E-state index is 0.0110. The Kier molecular flexibility index (Phi) is 21.6. The van der Waals surface area contributed by atoms with E-state index in [1.54, 1.807) is 47.0 Å². The minimum Gasteiger partial charge on any atom is -0.460 e. The number of nitrogens with zero attached hydrogens (tertiary/aromatic N) is 2. The topological polar surface area (TPSA) is 224 Å². The lowest BCUT2D eigenvalue weighted by Gasteiger charge is -2.44. The van der Waals surface area contributed by atoms with Crippen LogP contribution >= 0.6 is 0 Å². The molecule has 1 aliphatic carbocycles. The van der Waals surface area contributed by atoms with E-state index in [4.69, 9.17) is 18.9 Å². The molecule has 0 aromatic rings. The molecule has 0 radical (unpaired) electrons. The summed E-state index contributed by atoms with van der Waals surface area (Å²) in [6, 6.07) is -1.88. The quantitative estimate of drug-likeness (QED) is 0.159. The number of hydrogen-bond donors (Lipinski definition) is 3. The van der Waals surface area contributed by atoms with Gasteiger partial charge in [-0.2, -0.15) is 4.31 Å². The average molecular weight is 1020 g/mol. The van der Waals surface area contributed by atoms with Crippen LogP contribution in [0.15, 0.2) is 47.6 Å². The van der Waals surface area contributed by atoms with E-state index in [0.717, 1.165) is 4.90 Å². The van der Waals surface area contributed by atoms with Gasteiger partial charge >= 0.3 is 5.97 Å². The number of cyclic esters (lactones) is 1. The molecular weight excluding hydrogens is 933 g/mol. The van der Waals surface area contributed by atoms with Crippen molar-refractivity contribution in [1.82, 2.24) is 9.21 Å². The normalized spacial score (nSPS) is 40.3. The van der Waals surface area contributed by atoms with Gasteiger partial charge in [-0.25, -0.2) is 13.2 Å². The highest BCUT2D eigenvalue weighted by Crippen LogP contribution is 2.39. The van der Waals surface area contributed by atoms with Gasteiger partial charge in [-0.05, 0) is 121 Å². The summed E-state index contributed by atoms with van der Waals surface area (Å²) in [6.07, 6.45) is 11.4. The Bertz CT molecular complexity index is 2100. The van der Waals surface area contributed by atoms with Gasteiger partial charge in [0.05, 0.1) is 24.1 Å². The Hall–Kier alpha value is -3.42. The van der Waals surface area contributed by atoms with Gasteiger partial charge in [0.25, 0.3) is 11.7 Å². The Morgan fingerprint density at radius 2 is 1.55 bits per heavy atom. The SMILES string of the molecule is CO[C@@H]1C[C@H](C[C@@H](C)[C@@H]2CC(=O)[C@H](C)/C=C(\C)[C@@H](O)[C@@H](OC)C(=O)[C@H](C)C[C@H](C)/C=C/C=C/C=C(\C)C(N3CCCCS3(=O)=O)C[C@@H]3CC[C@@H](C)[C@@](O)(O3)C(=O)C(=O)N3CCCC[C@H]3C(=O)O2)CC[C@H]1O. The maximum Gasteiger partial charge on any atom is 0.329 e. The molecule has 16 nitrogen and oxygen atoms in total. The molecule has 5 aliphatic rings. The first-order valence-electron chi connectivity index (χ1n) is 26.2. The second-order valence-electron chi connectivity index (χ2n) is 21.5. The first-order valence-corrected chi connectivity index (χ1v) is 27.8. The van der Waals surface area contributed by atoms with Crippen LogP contribution in [0.3, 0.4) is 0 Å². The summed E-state index contributed by atoms with van der Waals surface area (Å²) < 4.78 is 52.3. The fourth-order valence-corrected chi connectivity index (χ4v) is 13.2. The molecule has 2 bridgehead atoms. The van der Waals surface area contributed by atoms with Crippen LogP contribution in [0.2, 0.25) is 0 Å². The highest BCUT2D eigenvalue weighted by molar-refractivity contribution is 7.89. The molecule has 1 amide bonds. The number of carbonyl (C=O) groups excluding carboxylic acids is 5. The van der Waals surface area contributed by atoms with Crippen molar-refractivity contribution in [2.24, 2.45) is 35.5 Å². The van der Waals surface area contributed by atoms with Gasteiger partial charge < -0.3 is 39.2 Å². The third-order valence-electron chi connectivity index (χ3n) is 16.0. The number of fused-ring (bicyclic) bond motifs is 3. The first kappa shape index (κ1) is 58.5. The van der Waals surface area contributed by atoms with Gasteiger partial charge in [-0.3, -0.25) is 19.2 Å². The Morgan fingerprint density at radius 3 is 2.24 bits per heavy atom. The molecule has 3 saturated heterocycles. The zero-order valence-corrected chi connectivity index (χ0v) is 44.5. The lowest BCUT2D eigenvalue weighted by molar-refractivity contribution is -0.264. The van der Waals surface area contributed by atoms with E-state index in [2.05, 4.69) is 0 Å². The Balaban J connectivity index is 1.51. The number of amides is 1. The summed E-state index contributed by atoms with van der Waals surface area (Å²) in [5.74, 6) is -8.65. The number of aliphatic hydroxyl groups is 3. The van der Waals surface area contributed by atoms with Gasteiger partial charge in [-0.15, -0.1) is 0 Å². The van der Waals surface area contributed by atoms with Gasteiger partial charge in [0.1, 0.15) is 30.1 Å². The molecule has 0 spiro atoms. The summed E-state index contributed by atoms with van der Waals surface area (Å²) in [6.45, 7) is 12.7. The summed E-state index contributed by atoms with van der Waals surface area (Å²) >= 11 is 0. The third kappa shape index (κ3) is 14.9. The lowest BCUT2D eigenvalue weighted by Crippen LogP contribution is -2.61. The smallest absolute Gasteiger partial charge is 0.329 e. The minimum atomic E-state index is -3.66. The molecule has 4 fully saturated rings. The van der Waals surface area contributed by atoms with Gasteiger partial charge in [-0.1, -0.05) is 76.6 Å².